The third-order valence-corrected chi connectivity index (χ3v) is 7.88. The lowest BCUT2D eigenvalue weighted by Gasteiger charge is -2.36. The fourth-order valence-corrected chi connectivity index (χ4v) is 5.52. The molecule has 0 fully saturated rings. The molecule has 3 atom stereocenters. The fourth-order valence-electron chi connectivity index (χ4n) is 5.52. The molecule has 0 bridgehead atoms. The fraction of sp³-hybridized carbons (Fsp3) is 0.407. The Morgan fingerprint density at radius 2 is 1.48 bits per heavy atom. The van der Waals surface area contributed by atoms with Crippen LogP contribution in [0.5, 0.6) is 0 Å². The van der Waals surface area contributed by atoms with Crippen molar-refractivity contribution in [2.45, 2.75) is 54.9 Å². The van der Waals surface area contributed by atoms with Crippen molar-refractivity contribution in [1.82, 2.24) is 0 Å². The molecule has 0 aromatic heterocycles. The van der Waals surface area contributed by atoms with Crippen LogP contribution in [-0.2, 0) is 6.42 Å². The molecule has 0 saturated carbocycles. The van der Waals surface area contributed by atoms with Gasteiger partial charge in [0.2, 0.25) is 0 Å². The van der Waals surface area contributed by atoms with Gasteiger partial charge in [-0.3, -0.25) is 0 Å². The van der Waals surface area contributed by atoms with Crippen LogP contribution in [0.4, 0.5) is 0 Å². The maximum Gasteiger partial charge on any atom is 0.0136 e. The van der Waals surface area contributed by atoms with E-state index in [4.69, 9.17) is 0 Å². The summed E-state index contributed by atoms with van der Waals surface area (Å²) in [7, 11) is 0. The van der Waals surface area contributed by atoms with Crippen molar-refractivity contribution < 1.29 is 0 Å². The van der Waals surface area contributed by atoms with Gasteiger partial charge in [0, 0.05) is 5.41 Å². The first-order valence-electron chi connectivity index (χ1n) is 10.3. The first-order chi connectivity index (χ1) is 12.7. The molecule has 27 heavy (non-hydrogen) atoms. The molecule has 0 spiro atoms. The van der Waals surface area contributed by atoms with Gasteiger partial charge in [-0.25, -0.2) is 0 Å². The van der Waals surface area contributed by atoms with E-state index in [1.54, 1.807) is 16.7 Å². The van der Waals surface area contributed by atoms with Crippen molar-refractivity contribution in [3.8, 4) is 0 Å². The lowest BCUT2D eigenvalue weighted by molar-refractivity contribution is 0.286. The van der Waals surface area contributed by atoms with Crippen molar-refractivity contribution in [3.05, 3.63) is 87.0 Å². The topological polar surface area (TPSA) is 0 Å². The van der Waals surface area contributed by atoms with E-state index in [1.165, 1.54) is 33.4 Å². The van der Waals surface area contributed by atoms with E-state index in [9.17, 15) is 0 Å². The number of allylic oxidation sites excluding steroid dienone is 3. The van der Waals surface area contributed by atoms with E-state index in [-0.39, 0.29) is 5.41 Å². The molecular weight excluding hydrogens is 324 g/mol. The van der Waals surface area contributed by atoms with Gasteiger partial charge in [-0.2, -0.15) is 0 Å². The lowest BCUT2D eigenvalue weighted by Crippen LogP contribution is -2.28. The smallest absolute Gasteiger partial charge is 0.0136 e. The minimum Gasteiger partial charge on any atom is -0.0704 e. The molecule has 2 aliphatic rings. The van der Waals surface area contributed by atoms with Gasteiger partial charge in [0.25, 0.3) is 0 Å². The van der Waals surface area contributed by atoms with Crippen LogP contribution < -0.4 is 0 Å². The zero-order valence-corrected chi connectivity index (χ0v) is 17.9. The van der Waals surface area contributed by atoms with Crippen molar-refractivity contribution in [2.75, 3.05) is 0 Å². The summed E-state index contributed by atoms with van der Waals surface area (Å²) in [5.74, 6) is 1.27. The Labute approximate surface area is 165 Å². The van der Waals surface area contributed by atoms with Crippen molar-refractivity contribution in [2.24, 2.45) is 17.3 Å². The van der Waals surface area contributed by atoms with Crippen molar-refractivity contribution in [3.63, 3.8) is 0 Å². The average molecular weight is 357 g/mol. The normalized spacial score (nSPS) is 27.5. The summed E-state index contributed by atoms with van der Waals surface area (Å²) >= 11 is 0. The summed E-state index contributed by atoms with van der Waals surface area (Å²) in [5, 5.41) is 0. The summed E-state index contributed by atoms with van der Waals surface area (Å²) in [6.07, 6.45) is 1.08. The highest BCUT2D eigenvalue weighted by atomic mass is 14.5. The van der Waals surface area contributed by atoms with Gasteiger partial charge in [0.1, 0.15) is 0 Å². The second-order valence-electron chi connectivity index (χ2n) is 9.14. The molecule has 0 N–H and O–H groups in total. The highest BCUT2D eigenvalue weighted by Crippen LogP contribution is 2.58. The zero-order valence-electron chi connectivity index (χ0n) is 17.9. The largest absolute Gasteiger partial charge is 0.0704 e. The summed E-state index contributed by atoms with van der Waals surface area (Å²) in [6.45, 7) is 16.5. The second kappa shape index (κ2) is 6.23. The zero-order chi connectivity index (χ0) is 19.5. The Morgan fingerprint density at radius 3 is 2.07 bits per heavy atom. The van der Waals surface area contributed by atoms with Gasteiger partial charge < -0.3 is 0 Å². The molecule has 0 amide bonds. The summed E-state index contributed by atoms with van der Waals surface area (Å²) in [5.41, 5.74) is 13.4. The monoisotopic (exact) mass is 356 g/mol. The third-order valence-electron chi connectivity index (χ3n) is 7.88. The van der Waals surface area contributed by atoms with Gasteiger partial charge in [-0.05, 0) is 73.8 Å². The van der Waals surface area contributed by atoms with Crippen LogP contribution in [0.3, 0.4) is 0 Å². The number of benzene rings is 2. The first kappa shape index (κ1) is 18.3. The molecule has 2 aromatic carbocycles. The van der Waals surface area contributed by atoms with E-state index in [0.717, 1.165) is 6.42 Å². The van der Waals surface area contributed by atoms with Gasteiger partial charge in [0.05, 0.1) is 0 Å². The van der Waals surface area contributed by atoms with E-state index in [1.807, 2.05) is 0 Å². The average Bonchev–Trinajstić information content (AvgIpc) is 3.09. The van der Waals surface area contributed by atoms with Crippen LogP contribution in [0.2, 0.25) is 0 Å². The Balaban J connectivity index is 1.99. The van der Waals surface area contributed by atoms with Crippen LogP contribution in [-0.4, -0.2) is 0 Å². The van der Waals surface area contributed by atoms with Gasteiger partial charge in [-0.15, -0.1) is 0 Å². The number of hydrogen-bond donors (Lipinski definition) is 0. The minimum absolute atomic E-state index is 0.136. The SMILES string of the molecule is CC1=C(C)C(C)(C2=C(c3ccc(C)cc3)c3ccc(C)cc3C2)C(C)C1C. The highest BCUT2D eigenvalue weighted by molar-refractivity contribution is 5.89. The first-order valence-corrected chi connectivity index (χ1v) is 10.3. The molecule has 0 saturated heterocycles. The molecule has 2 aromatic rings. The lowest BCUT2D eigenvalue weighted by atomic mass is 9.67. The highest BCUT2D eigenvalue weighted by Gasteiger charge is 2.48. The molecule has 0 aliphatic heterocycles. The van der Waals surface area contributed by atoms with Gasteiger partial charge in [-0.1, -0.05) is 85.5 Å². The summed E-state index contributed by atoms with van der Waals surface area (Å²) < 4.78 is 0. The molecule has 0 radical (unpaired) electrons. The van der Waals surface area contributed by atoms with E-state index >= 15 is 0 Å². The molecule has 140 valence electrons. The van der Waals surface area contributed by atoms with Crippen LogP contribution in [0.25, 0.3) is 5.57 Å². The predicted octanol–water partition coefficient (Wildman–Crippen LogP) is 7.29. The Morgan fingerprint density at radius 1 is 0.852 bits per heavy atom. The van der Waals surface area contributed by atoms with E-state index in [2.05, 4.69) is 90.9 Å². The minimum atomic E-state index is 0.136. The molecular formula is C27H32. The van der Waals surface area contributed by atoms with Crippen LogP contribution in [0, 0.1) is 31.1 Å². The second-order valence-corrected chi connectivity index (χ2v) is 9.14. The van der Waals surface area contributed by atoms with E-state index < -0.39 is 0 Å². The standard InChI is InChI=1S/C27H32/c1-16-8-11-22(12-9-16)26-24-13-10-17(2)14-23(24)15-25(26)27(7)20(5)18(3)19(4)21(27)6/h8-14,18,20H,15H2,1-7H3. The number of hydrogen-bond acceptors (Lipinski definition) is 0. The Hall–Kier alpha value is -2.08. The maximum absolute atomic E-state index is 2.50. The quantitative estimate of drug-likeness (QED) is 0.496. The molecule has 3 unspecified atom stereocenters. The molecule has 0 heterocycles. The molecule has 0 nitrogen and oxygen atoms in total. The number of aryl methyl sites for hydroxylation is 2. The Kier molecular flexibility index (Phi) is 4.22. The predicted molar refractivity (Wildman–Crippen MR) is 117 cm³/mol. The van der Waals surface area contributed by atoms with Crippen molar-refractivity contribution >= 4 is 5.57 Å². The number of rotatable bonds is 2. The van der Waals surface area contributed by atoms with Crippen LogP contribution >= 0.6 is 0 Å². The summed E-state index contributed by atoms with van der Waals surface area (Å²) in [6, 6.07) is 16.2. The summed E-state index contributed by atoms with van der Waals surface area (Å²) in [4.78, 5) is 0. The van der Waals surface area contributed by atoms with Crippen molar-refractivity contribution in [1.29, 1.82) is 0 Å². The van der Waals surface area contributed by atoms with Crippen LogP contribution in [0.15, 0.2) is 59.2 Å². The van der Waals surface area contributed by atoms with Crippen LogP contribution in [0.1, 0.15) is 62.4 Å². The van der Waals surface area contributed by atoms with E-state index in [0.29, 0.717) is 11.8 Å². The third kappa shape index (κ3) is 2.57. The van der Waals surface area contributed by atoms with Gasteiger partial charge in [0.15, 0.2) is 0 Å². The molecule has 2 aliphatic carbocycles. The molecule has 0 heteroatoms. The number of fused-ring (bicyclic) bond motifs is 1. The van der Waals surface area contributed by atoms with Gasteiger partial charge >= 0.3 is 0 Å². The Bertz CT molecular complexity index is 968. The maximum atomic E-state index is 2.50. The molecule has 4 rings (SSSR count).